The number of likely N-dealkylation sites (tertiary alicyclic amines) is 1. The molecule has 140 valence electrons. The Labute approximate surface area is 150 Å². The van der Waals surface area contributed by atoms with Gasteiger partial charge in [0.05, 0.1) is 0 Å². The summed E-state index contributed by atoms with van der Waals surface area (Å²) >= 11 is 0. The van der Waals surface area contributed by atoms with Gasteiger partial charge in [0.1, 0.15) is 0 Å². The number of rotatable bonds is 3. The maximum absolute atomic E-state index is 12.6. The Kier molecular flexibility index (Phi) is 5.04. The molecule has 4 unspecified atom stereocenters. The van der Waals surface area contributed by atoms with E-state index in [2.05, 4.69) is 16.0 Å². The predicted molar refractivity (Wildman–Crippen MR) is 96.3 cm³/mol. The van der Waals surface area contributed by atoms with E-state index < -0.39 is 0 Å². The Morgan fingerprint density at radius 2 is 1.44 bits per heavy atom. The number of nitrogens with zero attached hydrogens (tertiary/aromatic N) is 1. The summed E-state index contributed by atoms with van der Waals surface area (Å²) in [6.07, 6.45) is 12.1. The van der Waals surface area contributed by atoms with Gasteiger partial charge in [0.15, 0.2) is 0 Å². The summed E-state index contributed by atoms with van der Waals surface area (Å²) in [4.78, 5) is 26.3. The molecular formula is C19H32N4O2. The van der Waals surface area contributed by atoms with Gasteiger partial charge in [-0.1, -0.05) is 25.7 Å². The van der Waals surface area contributed by atoms with E-state index in [1.54, 1.807) is 0 Å². The second kappa shape index (κ2) is 7.42. The van der Waals surface area contributed by atoms with E-state index >= 15 is 0 Å². The quantitative estimate of drug-likeness (QED) is 0.733. The fourth-order valence-corrected chi connectivity index (χ4v) is 4.97. The molecule has 6 heteroatoms. The van der Waals surface area contributed by atoms with E-state index in [4.69, 9.17) is 0 Å². The number of hydrogen-bond acceptors (Lipinski definition) is 2. The molecule has 4 rings (SSSR count). The second-order valence-electron chi connectivity index (χ2n) is 8.59. The van der Waals surface area contributed by atoms with Gasteiger partial charge >= 0.3 is 12.1 Å². The van der Waals surface area contributed by atoms with Crippen LogP contribution in [0.25, 0.3) is 0 Å². The normalized spacial score (nSPS) is 35.0. The molecule has 1 saturated heterocycles. The monoisotopic (exact) mass is 348 g/mol. The lowest BCUT2D eigenvalue weighted by molar-refractivity contribution is 0.139. The van der Waals surface area contributed by atoms with Crippen molar-refractivity contribution in [2.24, 2.45) is 11.8 Å². The third-order valence-electron chi connectivity index (χ3n) is 6.59. The van der Waals surface area contributed by atoms with Crippen LogP contribution in [0.3, 0.4) is 0 Å². The summed E-state index contributed by atoms with van der Waals surface area (Å²) in [6.45, 7) is 1.36. The van der Waals surface area contributed by atoms with E-state index in [9.17, 15) is 9.59 Å². The van der Waals surface area contributed by atoms with E-state index in [0.29, 0.717) is 18.6 Å². The molecule has 3 saturated carbocycles. The molecule has 0 aromatic rings. The van der Waals surface area contributed by atoms with Crippen molar-refractivity contribution in [3.8, 4) is 0 Å². The van der Waals surface area contributed by atoms with Crippen molar-refractivity contribution in [2.45, 2.75) is 82.3 Å². The average Bonchev–Trinajstić information content (AvgIpc) is 3.29. The maximum Gasteiger partial charge on any atom is 0.317 e. The number of fused-ring (bicyclic) bond motifs is 1. The first-order chi connectivity index (χ1) is 12.2. The fraction of sp³-hybridized carbons (Fsp3) is 0.895. The first-order valence-corrected chi connectivity index (χ1v) is 10.3. The maximum atomic E-state index is 12.6. The summed E-state index contributed by atoms with van der Waals surface area (Å²) in [5.74, 6) is 1.74. The highest BCUT2D eigenvalue weighted by Gasteiger charge is 2.34. The number of hydrogen-bond donors (Lipinski definition) is 3. The molecular weight excluding hydrogens is 316 g/mol. The van der Waals surface area contributed by atoms with Crippen LogP contribution in [0.15, 0.2) is 0 Å². The van der Waals surface area contributed by atoms with E-state index in [-0.39, 0.29) is 18.1 Å². The Hall–Kier alpha value is -1.46. The number of carbonyl (C=O) groups is 2. The highest BCUT2D eigenvalue weighted by molar-refractivity contribution is 5.76. The van der Waals surface area contributed by atoms with Crippen LogP contribution in [-0.2, 0) is 0 Å². The zero-order chi connectivity index (χ0) is 17.2. The standard InChI is InChI=1S/C19H32N4O2/c24-18(20-15-7-8-15)21-17-9-10-23(12-17)19(25)22-16-6-5-13-3-1-2-4-14(13)11-16/h13-17H,1-12H2,(H,22,25)(H2,20,21,24). The lowest BCUT2D eigenvalue weighted by Crippen LogP contribution is -2.48. The number of amides is 4. The molecule has 3 N–H and O–H groups in total. The SMILES string of the molecule is O=C(NC1CC1)NC1CCN(C(=O)NC2CCC3CCCCC3C2)C1. The van der Waals surface area contributed by atoms with Crippen molar-refractivity contribution in [1.29, 1.82) is 0 Å². The summed E-state index contributed by atoms with van der Waals surface area (Å²) < 4.78 is 0. The lowest BCUT2D eigenvalue weighted by atomic mass is 9.69. The summed E-state index contributed by atoms with van der Waals surface area (Å²) in [6, 6.07) is 0.780. The van der Waals surface area contributed by atoms with Crippen LogP contribution >= 0.6 is 0 Å². The average molecular weight is 348 g/mol. The van der Waals surface area contributed by atoms with Crippen LogP contribution in [0.5, 0.6) is 0 Å². The second-order valence-corrected chi connectivity index (χ2v) is 8.59. The zero-order valence-electron chi connectivity index (χ0n) is 15.1. The molecule has 0 aromatic heterocycles. The molecule has 25 heavy (non-hydrogen) atoms. The Morgan fingerprint density at radius 1 is 0.720 bits per heavy atom. The lowest BCUT2D eigenvalue weighted by Gasteiger charge is -2.39. The van der Waals surface area contributed by atoms with Gasteiger partial charge in [-0.05, 0) is 50.4 Å². The minimum absolute atomic E-state index is 0.0613. The van der Waals surface area contributed by atoms with Gasteiger partial charge in [-0.2, -0.15) is 0 Å². The van der Waals surface area contributed by atoms with Gasteiger partial charge in [-0.25, -0.2) is 9.59 Å². The van der Waals surface area contributed by atoms with Gasteiger partial charge in [0.2, 0.25) is 0 Å². The molecule has 0 aromatic carbocycles. The van der Waals surface area contributed by atoms with Gasteiger partial charge < -0.3 is 20.9 Å². The Balaban J connectivity index is 1.20. The van der Waals surface area contributed by atoms with Crippen LogP contribution in [0, 0.1) is 11.8 Å². The molecule has 6 nitrogen and oxygen atoms in total. The predicted octanol–water partition coefficient (Wildman–Crippen LogP) is 2.59. The van der Waals surface area contributed by atoms with Crippen molar-refractivity contribution in [3.63, 3.8) is 0 Å². The first kappa shape index (κ1) is 17.0. The van der Waals surface area contributed by atoms with E-state index in [1.807, 2.05) is 4.90 Å². The molecule has 4 aliphatic rings. The largest absolute Gasteiger partial charge is 0.335 e. The highest BCUT2D eigenvalue weighted by Crippen LogP contribution is 2.40. The Morgan fingerprint density at radius 3 is 2.24 bits per heavy atom. The third-order valence-corrected chi connectivity index (χ3v) is 6.59. The summed E-state index contributed by atoms with van der Waals surface area (Å²) in [5.41, 5.74) is 0. The minimum Gasteiger partial charge on any atom is -0.335 e. The molecule has 1 aliphatic heterocycles. The van der Waals surface area contributed by atoms with Crippen LogP contribution in [0.2, 0.25) is 0 Å². The van der Waals surface area contributed by atoms with Crippen LogP contribution in [0.1, 0.15) is 64.2 Å². The third kappa shape index (κ3) is 4.39. The number of carbonyl (C=O) groups excluding carboxylic acids is 2. The number of urea groups is 2. The molecule has 0 spiro atoms. The molecule has 1 heterocycles. The first-order valence-electron chi connectivity index (χ1n) is 10.3. The smallest absolute Gasteiger partial charge is 0.317 e. The number of nitrogens with one attached hydrogen (secondary N) is 3. The van der Waals surface area contributed by atoms with Crippen molar-refractivity contribution >= 4 is 12.1 Å². The zero-order valence-corrected chi connectivity index (χ0v) is 15.1. The van der Waals surface area contributed by atoms with Crippen LogP contribution < -0.4 is 16.0 Å². The van der Waals surface area contributed by atoms with Crippen molar-refractivity contribution < 1.29 is 9.59 Å². The van der Waals surface area contributed by atoms with Crippen LogP contribution in [-0.4, -0.2) is 48.2 Å². The van der Waals surface area contributed by atoms with Gasteiger partial charge in [0, 0.05) is 31.2 Å². The van der Waals surface area contributed by atoms with Crippen LogP contribution in [0.4, 0.5) is 9.59 Å². The van der Waals surface area contributed by atoms with Crippen molar-refractivity contribution in [1.82, 2.24) is 20.9 Å². The van der Waals surface area contributed by atoms with Gasteiger partial charge in [-0.15, -0.1) is 0 Å². The van der Waals surface area contributed by atoms with Gasteiger partial charge in [0.25, 0.3) is 0 Å². The molecule has 0 bridgehead atoms. The van der Waals surface area contributed by atoms with E-state index in [1.165, 1.54) is 32.1 Å². The molecule has 0 radical (unpaired) electrons. The van der Waals surface area contributed by atoms with Crippen molar-refractivity contribution in [3.05, 3.63) is 0 Å². The van der Waals surface area contributed by atoms with Gasteiger partial charge in [-0.3, -0.25) is 0 Å². The summed E-state index contributed by atoms with van der Waals surface area (Å²) in [7, 11) is 0. The molecule has 4 atom stereocenters. The minimum atomic E-state index is -0.0784. The molecule has 4 fully saturated rings. The molecule has 4 amide bonds. The topological polar surface area (TPSA) is 73.5 Å². The Bertz CT molecular complexity index is 508. The highest BCUT2D eigenvalue weighted by atomic mass is 16.2. The summed E-state index contributed by atoms with van der Waals surface area (Å²) in [5, 5.41) is 9.22. The fourth-order valence-electron chi connectivity index (χ4n) is 4.97. The van der Waals surface area contributed by atoms with E-state index in [0.717, 1.165) is 50.5 Å². The van der Waals surface area contributed by atoms with Crippen molar-refractivity contribution in [2.75, 3.05) is 13.1 Å². The molecule has 3 aliphatic carbocycles.